The Morgan fingerprint density at radius 1 is 1.08 bits per heavy atom. The molecule has 5 aromatic rings. The van der Waals surface area contributed by atoms with Gasteiger partial charge in [0, 0.05) is 24.1 Å². The second-order valence-corrected chi connectivity index (χ2v) is 12.2. The molecule has 1 aliphatic heterocycles. The number of ether oxygens (including phenoxy) is 1. The fourth-order valence-corrected chi connectivity index (χ4v) is 6.70. The molecule has 3 aromatic heterocycles. The first kappa shape index (κ1) is 25.3. The lowest BCUT2D eigenvalue weighted by Crippen LogP contribution is -2.30. The van der Waals surface area contributed by atoms with Gasteiger partial charge in [-0.1, -0.05) is 29.5 Å². The predicted octanol–water partition coefficient (Wildman–Crippen LogP) is 5.04. The molecule has 2 aromatic carbocycles. The summed E-state index contributed by atoms with van der Waals surface area (Å²) in [6.45, 7) is 0. The van der Waals surface area contributed by atoms with Gasteiger partial charge in [0.1, 0.15) is 11.8 Å². The maximum atomic E-state index is 11.9. The number of para-hydroxylation sites is 1. The standard InChI is InChI=1S/C27H24N6O3S3/c1-36-22-16-17(12-13-18(22)31-39(2,34)35)33-25(24(30-26(33)37)20-9-5-6-14-28-20)21-10-7-15-32(21)27-29-19-8-3-4-11-23(19)38-27/h3-16,24-25,31H,1-2H3,(H,30,37)/t24-,25+/m1/s1. The zero-order valence-electron chi connectivity index (χ0n) is 21.0. The molecular weight excluding hydrogens is 553 g/mol. The lowest BCUT2D eigenvalue weighted by Gasteiger charge is -2.29. The Morgan fingerprint density at radius 3 is 2.64 bits per heavy atom. The van der Waals surface area contributed by atoms with Gasteiger partial charge in [-0.2, -0.15) is 0 Å². The quantitative estimate of drug-likeness (QED) is 0.260. The highest BCUT2D eigenvalue weighted by molar-refractivity contribution is 7.92. The summed E-state index contributed by atoms with van der Waals surface area (Å²) in [6.07, 6.45) is 4.87. The third-order valence-corrected chi connectivity index (χ3v) is 8.37. The first-order chi connectivity index (χ1) is 18.8. The van der Waals surface area contributed by atoms with E-state index in [1.54, 1.807) is 29.7 Å². The molecule has 2 atom stereocenters. The molecule has 0 amide bonds. The number of hydrogen-bond donors (Lipinski definition) is 2. The van der Waals surface area contributed by atoms with E-state index in [0.29, 0.717) is 16.5 Å². The highest BCUT2D eigenvalue weighted by atomic mass is 32.2. The van der Waals surface area contributed by atoms with E-state index < -0.39 is 10.0 Å². The molecule has 0 spiro atoms. The number of hydrogen-bond acceptors (Lipinski definition) is 7. The van der Waals surface area contributed by atoms with E-state index in [2.05, 4.69) is 31.7 Å². The monoisotopic (exact) mass is 576 g/mol. The third kappa shape index (κ3) is 4.82. The van der Waals surface area contributed by atoms with E-state index in [4.69, 9.17) is 21.9 Å². The number of aromatic nitrogens is 3. The average Bonchev–Trinajstić information content (AvgIpc) is 3.65. The number of benzene rings is 2. The molecule has 6 rings (SSSR count). The predicted molar refractivity (Wildman–Crippen MR) is 158 cm³/mol. The lowest BCUT2D eigenvalue weighted by molar-refractivity contribution is 0.417. The normalized spacial score (nSPS) is 17.4. The Balaban J connectivity index is 1.49. The highest BCUT2D eigenvalue weighted by Gasteiger charge is 2.42. The number of pyridine rings is 1. The van der Waals surface area contributed by atoms with Crippen molar-refractivity contribution in [2.45, 2.75) is 12.1 Å². The number of sulfonamides is 1. The molecule has 1 fully saturated rings. The largest absolute Gasteiger partial charge is 0.494 e. The van der Waals surface area contributed by atoms with Crippen LogP contribution in [0.5, 0.6) is 5.75 Å². The molecule has 198 valence electrons. The van der Waals surface area contributed by atoms with Crippen molar-refractivity contribution in [3.05, 3.63) is 96.6 Å². The summed E-state index contributed by atoms with van der Waals surface area (Å²) in [6, 6.07) is 22.6. The molecule has 4 heterocycles. The van der Waals surface area contributed by atoms with Crippen LogP contribution in [-0.4, -0.2) is 41.4 Å². The van der Waals surface area contributed by atoms with Gasteiger partial charge in [0.25, 0.3) is 0 Å². The minimum Gasteiger partial charge on any atom is -0.494 e. The number of thiazole rings is 1. The summed E-state index contributed by atoms with van der Waals surface area (Å²) in [4.78, 5) is 11.5. The number of fused-ring (bicyclic) bond motifs is 1. The van der Waals surface area contributed by atoms with Crippen LogP contribution in [0.25, 0.3) is 15.3 Å². The molecule has 39 heavy (non-hydrogen) atoms. The summed E-state index contributed by atoms with van der Waals surface area (Å²) in [5.41, 5.74) is 3.83. The number of rotatable bonds is 7. The second kappa shape index (κ2) is 9.95. The van der Waals surface area contributed by atoms with E-state index in [9.17, 15) is 8.42 Å². The minimum absolute atomic E-state index is 0.262. The van der Waals surface area contributed by atoms with Crippen molar-refractivity contribution < 1.29 is 13.2 Å². The van der Waals surface area contributed by atoms with Crippen molar-refractivity contribution in [1.82, 2.24) is 19.9 Å². The molecule has 1 saturated heterocycles. The van der Waals surface area contributed by atoms with Gasteiger partial charge in [-0.25, -0.2) is 13.4 Å². The van der Waals surface area contributed by atoms with E-state index in [1.165, 1.54) is 7.11 Å². The number of methoxy groups -OCH3 is 1. The van der Waals surface area contributed by atoms with Gasteiger partial charge in [-0.15, -0.1) is 0 Å². The third-order valence-electron chi connectivity index (χ3n) is 6.43. The van der Waals surface area contributed by atoms with Crippen LogP contribution in [-0.2, 0) is 10.0 Å². The van der Waals surface area contributed by atoms with Gasteiger partial charge >= 0.3 is 0 Å². The number of nitrogens with one attached hydrogen (secondary N) is 2. The van der Waals surface area contributed by atoms with Crippen LogP contribution in [0.3, 0.4) is 0 Å². The van der Waals surface area contributed by atoms with Crippen LogP contribution in [0.4, 0.5) is 11.4 Å². The Morgan fingerprint density at radius 2 is 1.90 bits per heavy atom. The Hall–Kier alpha value is -4.00. The molecule has 2 N–H and O–H groups in total. The minimum atomic E-state index is -3.49. The fraction of sp³-hybridized carbons (Fsp3) is 0.148. The van der Waals surface area contributed by atoms with Crippen molar-refractivity contribution in [2.75, 3.05) is 23.0 Å². The fourth-order valence-electron chi connectivity index (χ4n) is 4.82. The first-order valence-corrected chi connectivity index (χ1v) is 15.1. The van der Waals surface area contributed by atoms with E-state index in [0.717, 1.165) is 38.7 Å². The molecular formula is C27H24N6O3S3. The van der Waals surface area contributed by atoms with Crippen LogP contribution >= 0.6 is 23.6 Å². The van der Waals surface area contributed by atoms with Gasteiger partial charge in [-0.3, -0.25) is 14.3 Å². The van der Waals surface area contributed by atoms with Crippen molar-refractivity contribution in [3.63, 3.8) is 0 Å². The molecule has 1 aliphatic rings. The van der Waals surface area contributed by atoms with Crippen molar-refractivity contribution in [2.24, 2.45) is 0 Å². The van der Waals surface area contributed by atoms with Gasteiger partial charge in [0.15, 0.2) is 10.2 Å². The van der Waals surface area contributed by atoms with E-state index in [-0.39, 0.29) is 12.1 Å². The SMILES string of the molecule is COc1cc(N2C(=S)N[C@H](c3ccccn3)[C@@H]2c2cccn2-c2nc3ccccc3s2)ccc1NS(C)(=O)=O. The zero-order valence-corrected chi connectivity index (χ0v) is 23.4. The molecule has 9 nitrogen and oxygen atoms in total. The van der Waals surface area contributed by atoms with Gasteiger partial charge in [-0.05, 0) is 60.7 Å². The van der Waals surface area contributed by atoms with Crippen LogP contribution in [0.1, 0.15) is 23.5 Å². The number of anilines is 2. The summed E-state index contributed by atoms with van der Waals surface area (Å²) >= 11 is 7.49. The molecule has 0 bridgehead atoms. The van der Waals surface area contributed by atoms with Crippen LogP contribution < -0.4 is 19.7 Å². The topological polar surface area (TPSA) is 101 Å². The average molecular weight is 577 g/mol. The molecule has 0 radical (unpaired) electrons. The zero-order chi connectivity index (χ0) is 27.1. The maximum absolute atomic E-state index is 11.9. The summed E-state index contributed by atoms with van der Waals surface area (Å²) in [5, 5.41) is 4.82. The van der Waals surface area contributed by atoms with Crippen molar-refractivity contribution in [3.8, 4) is 10.9 Å². The molecule has 0 unspecified atom stereocenters. The summed E-state index contributed by atoms with van der Waals surface area (Å²) in [7, 11) is -1.99. The summed E-state index contributed by atoms with van der Waals surface area (Å²) < 4.78 is 35.0. The van der Waals surface area contributed by atoms with Crippen LogP contribution in [0.2, 0.25) is 0 Å². The van der Waals surface area contributed by atoms with Crippen LogP contribution in [0, 0.1) is 0 Å². The Labute approximate surface area is 235 Å². The molecule has 0 saturated carbocycles. The summed E-state index contributed by atoms with van der Waals surface area (Å²) in [5.74, 6) is 0.377. The smallest absolute Gasteiger partial charge is 0.229 e. The van der Waals surface area contributed by atoms with Gasteiger partial charge < -0.3 is 15.0 Å². The van der Waals surface area contributed by atoms with Crippen LogP contribution in [0.15, 0.2) is 85.2 Å². The molecule has 0 aliphatic carbocycles. The number of nitrogens with zero attached hydrogens (tertiary/aromatic N) is 4. The number of thiocarbonyl (C=S) groups is 1. The van der Waals surface area contributed by atoms with Crippen molar-refractivity contribution in [1.29, 1.82) is 0 Å². The van der Waals surface area contributed by atoms with Gasteiger partial charge in [0.2, 0.25) is 10.0 Å². The molecule has 12 heteroatoms. The van der Waals surface area contributed by atoms with Gasteiger partial charge in [0.05, 0.1) is 46.7 Å². The van der Waals surface area contributed by atoms with E-state index in [1.807, 2.05) is 59.6 Å². The van der Waals surface area contributed by atoms with Crippen molar-refractivity contribution >= 4 is 60.3 Å². The first-order valence-electron chi connectivity index (χ1n) is 12.0. The Kier molecular flexibility index (Phi) is 6.45. The maximum Gasteiger partial charge on any atom is 0.229 e. The van der Waals surface area contributed by atoms with E-state index >= 15 is 0 Å². The lowest BCUT2D eigenvalue weighted by atomic mass is 10.0. The highest BCUT2D eigenvalue weighted by Crippen LogP contribution is 2.44. The Bertz CT molecular complexity index is 1750. The second-order valence-electron chi connectivity index (χ2n) is 9.02.